The van der Waals surface area contributed by atoms with Gasteiger partial charge in [0.2, 0.25) is 17.7 Å². The zero-order valence-electron chi connectivity index (χ0n) is 13.7. The molecule has 1 saturated heterocycles. The Kier molecular flexibility index (Phi) is 4.28. The minimum Gasteiger partial charge on any atom is -0.366 e. The highest BCUT2D eigenvalue weighted by Crippen LogP contribution is 2.31. The van der Waals surface area contributed by atoms with Crippen LogP contribution in [0.1, 0.15) is 29.3 Å². The van der Waals surface area contributed by atoms with E-state index in [0.717, 1.165) is 17.7 Å². The maximum Gasteiger partial charge on any atom is 0.248 e. The molecule has 1 aromatic carbocycles. The van der Waals surface area contributed by atoms with E-state index in [0.29, 0.717) is 25.2 Å². The monoisotopic (exact) mass is 330 g/mol. The minimum atomic E-state index is -0.496. The zero-order valence-corrected chi connectivity index (χ0v) is 13.7. The average molecular weight is 330 g/mol. The Morgan fingerprint density at radius 2 is 2.12 bits per heavy atom. The van der Waals surface area contributed by atoms with Crippen LogP contribution in [-0.4, -0.2) is 48.3 Å². The first-order chi connectivity index (χ1) is 11.4. The van der Waals surface area contributed by atoms with E-state index < -0.39 is 11.9 Å². The highest BCUT2D eigenvalue weighted by atomic mass is 16.2. The van der Waals surface area contributed by atoms with Crippen molar-refractivity contribution in [3.63, 3.8) is 0 Å². The van der Waals surface area contributed by atoms with Gasteiger partial charge in [0.25, 0.3) is 0 Å². The van der Waals surface area contributed by atoms with Gasteiger partial charge >= 0.3 is 0 Å². The number of rotatable bonds is 4. The van der Waals surface area contributed by atoms with Gasteiger partial charge in [0, 0.05) is 30.9 Å². The van der Waals surface area contributed by atoms with Crippen LogP contribution in [0.25, 0.3) is 0 Å². The SMILES string of the molecule is C[C@@H](N)C(=O)N1CC[C@@H](CN2C(=O)Cc3cc(C(N)=O)ccc32)C1. The number of nitrogens with zero attached hydrogens (tertiary/aromatic N) is 2. The quantitative estimate of drug-likeness (QED) is 0.801. The molecule has 0 saturated carbocycles. The Hall–Kier alpha value is -2.41. The summed E-state index contributed by atoms with van der Waals surface area (Å²) < 4.78 is 0. The average Bonchev–Trinajstić information content (AvgIpc) is 3.11. The molecule has 1 fully saturated rings. The van der Waals surface area contributed by atoms with E-state index in [2.05, 4.69) is 0 Å². The lowest BCUT2D eigenvalue weighted by atomic mass is 10.1. The number of carbonyl (C=O) groups excluding carboxylic acids is 3. The Morgan fingerprint density at radius 3 is 2.79 bits per heavy atom. The maximum absolute atomic E-state index is 12.3. The molecule has 7 heteroatoms. The summed E-state index contributed by atoms with van der Waals surface area (Å²) in [6.45, 7) is 3.57. The predicted molar refractivity (Wildman–Crippen MR) is 89.4 cm³/mol. The molecule has 1 aromatic rings. The third kappa shape index (κ3) is 2.99. The zero-order chi connectivity index (χ0) is 17.4. The number of hydrogen-bond acceptors (Lipinski definition) is 4. The molecule has 128 valence electrons. The molecule has 3 amide bonds. The van der Waals surface area contributed by atoms with Crippen molar-refractivity contribution in [2.75, 3.05) is 24.5 Å². The molecule has 0 aliphatic carbocycles. The number of nitrogens with two attached hydrogens (primary N) is 2. The molecule has 3 rings (SSSR count). The van der Waals surface area contributed by atoms with Crippen molar-refractivity contribution in [3.8, 4) is 0 Å². The lowest BCUT2D eigenvalue weighted by molar-refractivity contribution is -0.131. The smallest absolute Gasteiger partial charge is 0.248 e. The van der Waals surface area contributed by atoms with E-state index in [-0.39, 0.29) is 24.2 Å². The van der Waals surface area contributed by atoms with Crippen molar-refractivity contribution in [2.45, 2.75) is 25.8 Å². The largest absolute Gasteiger partial charge is 0.366 e. The predicted octanol–water partition coefficient (Wildman–Crippen LogP) is -0.130. The van der Waals surface area contributed by atoms with Gasteiger partial charge < -0.3 is 21.3 Å². The molecular weight excluding hydrogens is 308 g/mol. The second-order valence-electron chi connectivity index (χ2n) is 6.62. The second kappa shape index (κ2) is 6.24. The normalized spacial score (nSPS) is 21.1. The lowest BCUT2D eigenvalue weighted by Crippen LogP contribution is -2.41. The number of anilines is 1. The molecule has 4 N–H and O–H groups in total. The van der Waals surface area contributed by atoms with E-state index in [1.54, 1.807) is 34.9 Å². The molecule has 0 aromatic heterocycles. The van der Waals surface area contributed by atoms with E-state index in [9.17, 15) is 14.4 Å². The molecule has 0 unspecified atom stereocenters. The van der Waals surface area contributed by atoms with E-state index in [4.69, 9.17) is 11.5 Å². The number of carbonyl (C=O) groups is 3. The fourth-order valence-electron chi connectivity index (χ4n) is 3.46. The Bertz CT molecular complexity index is 701. The molecular formula is C17H22N4O3. The highest BCUT2D eigenvalue weighted by molar-refractivity contribution is 6.03. The van der Waals surface area contributed by atoms with Crippen LogP contribution in [0.15, 0.2) is 18.2 Å². The summed E-state index contributed by atoms with van der Waals surface area (Å²) in [6.07, 6.45) is 1.14. The molecule has 7 nitrogen and oxygen atoms in total. The van der Waals surface area contributed by atoms with Gasteiger partial charge in [0.05, 0.1) is 12.5 Å². The van der Waals surface area contributed by atoms with Crippen molar-refractivity contribution in [1.29, 1.82) is 0 Å². The third-order valence-corrected chi connectivity index (χ3v) is 4.73. The molecule has 0 spiro atoms. The standard InChI is InChI=1S/C17H22N4O3/c1-10(18)17(24)20-5-4-11(8-20)9-21-14-3-2-12(16(19)23)6-13(14)7-15(21)22/h2-3,6,10-11H,4-5,7-9,18H2,1H3,(H2,19,23)/t10-,11-/m1/s1. The Balaban J connectivity index is 1.70. The van der Waals surface area contributed by atoms with Crippen molar-refractivity contribution >= 4 is 23.4 Å². The summed E-state index contributed by atoms with van der Waals surface area (Å²) in [6, 6.07) is 4.62. The molecule has 24 heavy (non-hydrogen) atoms. The van der Waals surface area contributed by atoms with Crippen LogP contribution in [0, 0.1) is 5.92 Å². The molecule has 0 bridgehead atoms. The molecule has 2 atom stereocenters. The molecule has 2 aliphatic heterocycles. The van der Waals surface area contributed by atoms with Gasteiger partial charge in [0.15, 0.2) is 0 Å². The van der Waals surface area contributed by atoms with E-state index in [1.807, 2.05) is 0 Å². The van der Waals surface area contributed by atoms with Gasteiger partial charge in [-0.1, -0.05) is 0 Å². The van der Waals surface area contributed by atoms with Crippen LogP contribution in [0.5, 0.6) is 0 Å². The first-order valence-corrected chi connectivity index (χ1v) is 8.14. The summed E-state index contributed by atoms with van der Waals surface area (Å²) in [7, 11) is 0. The van der Waals surface area contributed by atoms with Gasteiger partial charge in [-0.3, -0.25) is 14.4 Å². The Morgan fingerprint density at radius 1 is 1.38 bits per heavy atom. The van der Waals surface area contributed by atoms with Gasteiger partial charge in [-0.2, -0.15) is 0 Å². The van der Waals surface area contributed by atoms with Crippen LogP contribution in [0.3, 0.4) is 0 Å². The van der Waals surface area contributed by atoms with Crippen molar-refractivity contribution in [2.24, 2.45) is 17.4 Å². The first-order valence-electron chi connectivity index (χ1n) is 8.14. The molecule has 0 radical (unpaired) electrons. The second-order valence-corrected chi connectivity index (χ2v) is 6.62. The van der Waals surface area contributed by atoms with Crippen molar-refractivity contribution in [3.05, 3.63) is 29.3 Å². The minimum absolute atomic E-state index is 0.0172. The summed E-state index contributed by atoms with van der Waals surface area (Å²) in [5.74, 6) is -0.289. The first kappa shape index (κ1) is 16.4. The van der Waals surface area contributed by atoms with Crippen molar-refractivity contribution < 1.29 is 14.4 Å². The lowest BCUT2D eigenvalue weighted by Gasteiger charge is -2.23. The van der Waals surface area contributed by atoms with Crippen LogP contribution in [0.4, 0.5) is 5.69 Å². The number of fused-ring (bicyclic) bond motifs is 1. The number of benzene rings is 1. The molecule has 2 aliphatic rings. The number of amides is 3. The fraction of sp³-hybridized carbons (Fsp3) is 0.471. The van der Waals surface area contributed by atoms with Gasteiger partial charge in [-0.25, -0.2) is 0 Å². The van der Waals surface area contributed by atoms with Crippen LogP contribution >= 0.6 is 0 Å². The van der Waals surface area contributed by atoms with E-state index in [1.165, 1.54) is 0 Å². The Labute approximate surface area is 140 Å². The number of likely N-dealkylation sites (tertiary alicyclic amines) is 1. The summed E-state index contributed by atoms with van der Waals surface area (Å²) in [5.41, 5.74) is 13.0. The van der Waals surface area contributed by atoms with Gasteiger partial charge in [-0.05, 0) is 43.0 Å². The number of hydrogen-bond donors (Lipinski definition) is 2. The summed E-state index contributed by atoms with van der Waals surface area (Å²) in [4.78, 5) is 39.1. The van der Waals surface area contributed by atoms with Crippen LogP contribution in [0.2, 0.25) is 0 Å². The maximum atomic E-state index is 12.3. The topological polar surface area (TPSA) is 110 Å². The number of primary amides is 1. The van der Waals surface area contributed by atoms with Crippen LogP contribution in [-0.2, 0) is 16.0 Å². The van der Waals surface area contributed by atoms with Crippen molar-refractivity contribution in [1.82, 2.24) is 4.90 Å². The fourth-order valence-corrected chi connectivity index (χ4v) is 3.46. The summed E-state index contributed by atoms with van der Waals surface area (Å²) >= 11 is 0. The summed E-state index contributed by atoms with van der Waals surface area (Å²) in [5, 5.41) is 0. The highest BCUT2D eigenvalue weighted by Gasteiger charge is 2.33. The van der Waals surface area contributed by atoms with Gasteiger partial charge in [0.1, 0.15) is 0 Å². The third-order valence-electron chi connectivity index (χ3n) is 4.73. The molecule has 2 heterocycles. The van der Waals surface area contributed by atoms with Gasteiger partial charge in [-0.15, -0.1) is 0 Å². The van der Waals surface area contributed by atoms with E-state index >= 15 is 0 Å². The van der Waals surface area contributed by atoms with Crippen LogP contribution < -0.4 is 16.4 Å².